The minimum atomic E-state index is -0.213. The Labute approximate surface area is 160 Å². The largest absolute Gasteiger partial charge is 0.375 e. The van der Waals surface area contributed by atoms with E-state index in [1.807, 2.05) is 12.1 Å². The van der Waals surface area contributed by atoms with Crippen molar-refractivity contribution in [1.82, 2.24) is 5.32 Å². The third-order valence-electron chi connectivity index (χ3n) is 5.97. The molecule has 1 N–H and O–H groups in total. The fraction of sp³-hybridized carbons (Fsp3) is 0.478. The standard InChI is InChI=1S/C23H29F2NO/c1-3-22(2)17-23(13-15-27-22,19-6-10-21(25)11-7-19)12-14-26-16-18-4-8-20(24)9-5-18/h4-11,26H,3,12-17H2,1-2H3/t22-,23+/m0/s1. The van der Waals surface area contributed by atoms with Crippen LogP contribution in [0.15, 0.2) is 48.5 Å². The third-order valence-corrected chi connectivity index (χ3v) is 5.97. The van der Waals surface area contributed by atoms with Gasteiger partial charge in [0, 0.05) is 18.6 Å². The minimum Gasteiger partial charge on any atom is -0.375 e. The summed E-state index contributed by atoms with van der Waals surface area (Å²) in [6.07, 6.45) is 3.78. The lowest BCUT2D eigenvalue weighted by atomic mass is 9.66. The van der Waals surface area contributed by atoms with Gasteiger partial charge in [0.2, 0.25) is 0 Å². The lowest BCUT2D eigenvalue weighted by Crippen LogP contribution is -2.46. The quantitative estimate of drug-likeness (QED) is 0.660. The minimum absolute atomic E-state index is 0.0213. The smallest absolute Gasteiger partial charge is 0.123 e. The molecule has 0 aromatic heterocycles. The molecule has 1 aliphatic rings. The van der Waals surface area contributed by atoms with Crippen molar-refractivity contribution < 1.29 is 13.5 Å². The molecule has 0 saturated carbocycles. The average molecular weight is 373 g/mol. The molecule has 1 heterocycles. The molecule has 1 saturated heterocycles. The van der Waals surface area contributed by atoms with Gasteiger partial charge in [-0.25, -0.2) is 8.78 Å². The highest BCUT2D eigenvalue weighted by molar-refractivity contribution is 5.28. The van der Waals surface area contributed by atoms with Gasteiger partial charge in [0.15, 0.2) is 0 Å². The van der Waals surface area contributed by atoms with Gasteiger partial charge in [0.1, 0.15) is 11.6 Å². The summed E-state index contributed by atoms with van der Waals surface area (Å²) >= 11 is 0. The molecule has 146 valence electrons. The SMILES string of the molecule is CC[C@@]1(C)C[C@](CCNCc2ccc(F)cc2)(c2ccc(F)cc2)CCO1. The van der Waals surface area contributed by atoms with Gasteiger partial charge in [-0.1, -0.05) is 31.2 Å². The zero-order valence-electron chi connectivity index (χ0n) is 16.2. The molecule has 2 aromatic rings. The Hall–Kier alpha value is -1.78. The average Bonchev–Trinajstić information content (AvgIpc) is 2.67. The maximum Gasteiger partial charge on any atom is 0.123 e. The summed E-state index contributed by atoms with van der Waals surface area (Å²) in [6.45, 7) is 6.61. The van der Waals surface area contributed by atoms with Crippen LogP contribution >= 0.6 is 0 Å². The number of ether oxygens (including phenoxy) is 1. The molecule has 2 aromatic carbocycles. The fourth-order valence-electron chi connectivity index (χ4n) is 4.15. The predicted molar refractivity (Wildman–Crippen MR) is 105 cm³/mol. The van der Waals surface area contributed by atoms with Crippen molar-refractivity contribution >= 4 is 0 Å². The second-order valence-electron chi connectivity index (χ2n) is 7.92. The summed E-state index contributed by atoms with van der Waals surface area (Å²) in [5.74, 6) is -0.413. The van der Waals surface area contributed by atoms with Crippen molar-refractivity contribution in [1.29, 1.82) is 0 Å². The molecule has 2 nitrogen and oxygen atoms in total. The van der Waals surface area contributed by atoms with E-state index in [0.717, 1.165) is 44.4 Å². The van der Waals surface area contributed by atoms with Crippen molar-refractivity contribution in [3.63, 3.8) is 0 Å². The molecule has 1 aliphatic heterocycles. The fourth-order valence-corrected chi connectivity index (χ4v) is 4.15. The molecule has 27 heavy (non-hydrogen) atoms. The summed E-state index contributed by atoms with van der Waals surface area (Å²) in [6, 6.07) is 13.6. The molecule has 2 atom stereocenters. The van der Waals surface area contributed by atoms with Gasteiger partial charge in [-0.2, -0.15) is 0 Å². The lowest BCUT2D eigenvalue weighted by molar-refractivity contribution is -0.0979. The maximum atomic E-state index is 13.5. The molecule has 3 rings (SSSR count). The van der Waals surface area contributed by atoms with E-state index in [1.54, 1.807) is 24.3 Å². The van der Waals surface area contributed by atoms with Crippen LogP contribution in [0.5, 0.6) is 0 Å². The maximum absolute atomic E-state index is 13.5. The Bertz CT molecular complexity index is 731. The van der Waals surface area contributed by atoms with Crippen LogP contribution in [0.3, 0.4) is 0 Å². The molecule has 0 unspecified atom stereocenters. The van der Waals surface area contributed by atoms with Crippen molar-refractivity contribution in [2.24, 2.45) is 0 Å². The summed E-state index contributed by atoms with van der Waals surface area (Å²) in [5, 5.41) is 3.48. The Morgan fingerprint density at radius 3 is 2.26 bits per heavy atom. The molecular weight excluding hydrogens is 344 g/mol. The van der Waals surface area contributed by atoms with E-state index in [9.17, 15) is 8.78 Å². The zero-order chi connectivity index (χ0) is 19.3. The van der Waals surface area contributed by atoms with Gasteiger partial charge in [0.05, 0.1) is 5.60 Å². The second-order valence-corrected chi connectivity index (χ2v) is 7.92. The Morgan fingerprint density at radius 2 is 1.63 bits per heavy atom. The molecule has 4 heteroatoms. The molecule has 0 radical (unpaired) electrons. The first-order valence-corrected chi connectivity index (χ1v) is 9.80. The van der Waals surface area contributed by atoms with Crippen molar-refractivity contribution in [2.45, 2.75) is 57.1 Å². The first kappa shape index (κ1) is 20.0. The van der Waals surface area contributed by atoms with Crippen LogP contribution in [-0.2, 0) is 16.7 Å². The van der Waals surface area contributed by atoms with Crippen LogP contribution in [0.25, 0.3) is 0 Å². The summed E-state index contributed by atoms with van der Waals surface area (Å²) in [4.78, 5) is 0. The predicted octanol–water partition coefficient (Wildman–Crippen LogP) is 5.36. The van der Waals surface area contributed by atoms with Crippen LogP contribution in [0, 0.1) is 11.6 Å². The number of rotatable bonds is 7. The lowest BCUT2D eigenvalue weighted by Gasteiger charge is -2.47. The Balaban J connectivity index is 1.70. The highest BCUT2D eigenvalue weighted by atomic mass is 19.1. The first-order valence-electron chi connectivity index (χ1n) is 9.80. The zero-order valence-corrected chi connectivity index (χ0v) is 16.2. The van der Waals surface area contributed by atoms with E-state index in [2.05, 4.69) is 19.2 Å². The van der Waals surface area contributed by atoms with E-state index in [4.69, 9.17) is 4.74 Å². The van der Waals surface area contributed by atoms with Crippen LogP contribution < -0.4 is 5.32 Å². The molecular formula is C23H29F2NO. The Kier molecular flexibility index (Phi) is 6.28. The van der Waals surface area contributed by atoms with E-state index in [-0.39, 0.29) is 22.7 Å². The topological polar surface area (TPSA) is 21.3 Å². The monoisotopic (exact) mass is 373 g/mol. The highest BCUT2D eigenvalue weighted by Crippen LogP contribution is 2.45. The van der Waals surface area contributed by atoms with Gasteiger partial charge >= 0.3 is 0 Å². The van der Waals surface area contributed by atoms with Crippen LogP contribution in [0.2, 0.25) is 0 Å². The normalized spacial score (nSPS) is 25.5. The van der Waals surface area contributed by atoms with E-state index < -0.39 is 0 Å². The summed E-state index contributed by atoms with van der Waals surface area (Å²) in [5.41, 5.74) is 2.09. The number of nitrogens with one attached hydrogen (secondary N) is 1. The molecule has 0 aliphatic carbocycles. The van der Waals surface area contributed by atoms with Crippen molar-refractivity contribution in [3.05, 3.63) is 71.3 Å². The van der Waals surface area contributed by atoms with E-state index in [1.165, 1.54) is 17.7 Å². The second kappa shape index (κ2) is 8.49. The van der Waals surface area contributed by atoms with Gasteiger partial charge in [0.25, 0.3) is 0 Å². The summed E-state index contributed by atoms with van der Waals surface area (Å²) < 4.78 is 32.6. The van der Waals surface area contributed by atoms with E-state index >= 15 is 0 Å². The van der Waals surface area contributed by atoms with Gasteiger partial charge in [-0.3, -0.25) is 0 Å². The number of hydrogen-bond acceptors (Lipinski definition) is 2. The third kappa shape index (κ3) is 4.94. The van der Waals surface area contributed by atoms with Gasteiger partial charge in [-0.05, 0) is 74.5 Å². The molecule has 0 amide bonds. The van der Waals surface area contributed by atoms with Crippen LogP contribution in [0.1, 0.15) is 50.7 Å². The van der Waals surface area contributed by atoms with Crippen LogP contribution in [0.4, 0.5) is 8.78 Å². The van der Waals surface area contributed by atoms with Crippen molar-refractivity contribution in [2.75, 3.05) is 13.2 Å². The number of hydrogen-bond donors (Lipinski definition) is 1. The number of halogens is 2. The molecule has 1 fully saturated rings. The molecule has 0 spiro atoms. The van der Waals surface area contributed by atoms with Gasteiger partial charge < -0.3 is 10.1 Å². The van der Waals surface area contributed by atoms with Gasteiger partial charge in [-0.15, -0.1) is 0 Å². The number of benzene rings is 2. The molecule has 0 bridgehead atoms. The Morgan fingerprint density at radius 1 is 1.00 bits per heavy atom. The van der Waals surface area contributed by atoms with E-state index in [0.29, 0.717) is 6.54 Å². The van der Waals surface area contributed by atoms with Crippen LogP contribution in [-0.4, -0.2) is 18.8 Å². The first-order chi connectivity index (χ1) is 12.9. The summed E-state index contributed by atoms with van der Waals surface area (Å²) in [7, 11) is 0. The van der Waals surface area contributed by atoms with Crippen molar-refractivity contribution in [3.8, 4) is 0 Å². The highest BCUT2D eigenvalue weighted by Gasteiger charge is 2.43.